The molecule has 0 spiro atoms. The maximum atomic E-state index is 12.2. The van der Waals surface area contributed by atoms with Gasteiger partial charge in [-0.2, -0.15) is 0 Å². The van der Waals surface area contributed by atoms with Crippen LogP contribution in [0.25, 0.3) is 0 Å². The van der Waals surface area contributed by atoms with Crippen LogP contribution in [0, 0.1) is 0 Å². The number of aromatic nitrogens is 2. The van der Waals surface area contributed by atoms with Crippen molar-refractivity contribution in [3.63, 3.8) is 0 Å². The molecule has 0 fully saturated rings. The number of anilines is 1. The third-order valence-corrected chi connectivity index (χ3v) is 2.91. The lowest BCUT2D eigenvalue weighted by molar-refractivity contribution is 0.0782. The summed E-state index contributed by atoms with van der Waals surface area (Å²) in [5, 5.41) is 0. The van der Waals surface area contributed by atoms with E-state index in [1.54, 1.807) is 42.5 Å². The van der Waals surface area contributed by atoms with Gasteiger partial charge in [0.1, 0.15) is 5.82 Å². The Hall–Kier alpha value is -1.82. The smallest absolute Gasteiger partial charge is 0.254 e. The molecular formula is C12H13BrN4O. The summed E-state index contributed by atoms with van der Waals surface area (Å²) in [5.74, 6) is 0.646. The molecule has 0 aliphatic carbocycles. The minimum atomic E-state index is -0.0978. The highest BCUT2D eigenvalue weighted by Gasteiger charge is 2.13. The van der Waals surface area contributed by atoms with E-state index in [0.717, 1.165) is 10.3 Å². The Morgan fingerprint density at radius 1 is 1.50 bits per heavy atom. The van der Waals surface area contributed by atoms with Crippen LogP contribution >= 0.6 is 15.9 Å². The van der Waals surface area contributed by atoms with Crippen LogP contribution in [0.15, 0.2) is 35.1 Å². The highest BCUT2D eigenvalue weighted by atomic mass is 79.9. The van der Waals surface area contributed by atoms with E-state index in [1.807, 2.05) is 0 Å². The predicted octanol–water partition coefficient (Wildman–Crippen LogP) is 2.03. The van der Waals surface area contributed by atoms with Gasteiger partial charge in [-0.1, -0.05) is 15.9 Å². The minimum absolute atomic E-state index is 0.0978. The lowest BCUT2D eigenvalue weighted by Gasteiger charge is -2.16. The van der Waals surface area contributed by atoms with E-state index in [2.05, 4.69) is 25.9 Å². The fourth-order valence-electron chi connectivity index (χ4n) is 1.64. The molecule has 2 aromatic rings. The van der Waals surface area contributed by atoms with Crippen LogP contribution in [-0.4, -0.2) is 27.8 Å². The molecule has 1 aromatic heterocycles. The fraction of sp³-hybridized carbons (Fsp3) is 0.167. The van der Waals surface area contributed by atoms with Crippen molar-refractivity contribution < 1.29 is 4.79 Å². The Balaban J connectivity index is 2.15. The van der Waals surface area contributed by atoms with Crippen LogP contribution in [0.1, 0.15) is 16.2 Å². The Morgan fingerprint density at radius 3 is 2.89 bits per heavy atom. The second kappa shape index (κ2) is 5.22. The zero-order valence-electron chi connectivity index (χ0n) is 9.85. The highest BCUT2D eigenvalue weighted by Crippen LogP contribution is 2.18. The number of aromatic amines is 1. The maximum Gasteiger partial charge on any atom is 0.254 e. The highest BCUT2D eigenvalue weighted by molar-refractivity contribution is 9.10. The molecule has 2 rings (SSSR count). The van der Waals surface area contributed by atoms with Crippen LogP contribution in [0.2, 0.25) is 0 Å². The van der Waals surface area contributed by atoms with Crippen LogP contribution in [0.3, 0.4) is 0 Å². The number of H-pyrrole nitrogens is 1. The third kappa shape index (κ3) is 2.89. The number of rotatable bonds is 3. The number of hydrogen-bond acceptors (Lipinski definition) is 3. The molecule has 0 bridgehead atoms. The number of benzene rings is 1. The normalized spacial score (nSPS) is 10.3. The summed E-state index contributed by atoms with van der Waals surface area (Å²) in [5.41, 5.74) is 6.82. The Bertz CT molecular complexity index is 533. The molecule has 0 atom stereocenters. The van der Waals surface area contributed by atoms with Gasteiger partial charge in [0.05, 0.1) is 6.54 Å². The van der Waals surface area contributed by atoms with Crippen LogP contribution < -0.4 is 5.73 Å². The van der Waals surface area contributed by atoms with E-state index < -0.39 is 0 Å². The van der Waals surface area contributed by atoms with Crippen molar-refractivity contribution in [2.75, 3.05) is 12.8 Å². The van der Waals surface area contributed by atoms with E-state index in [9.17, 15) is 4.79 Å². The van der Waals surface area contributed by atoms with Gasteiger partial charge in [-0.25, -0.2) is 4.98 Å². The zero-order chi connectivity index (χ0) is 13.1. The largest absolute Gasteiger partial charge is 0.399 e. The van der Waals surface area contributed by atoms with Gasteiger partial charge in [-0.3, -0.25) is 4.79 Å². The number of halogens is 1. The number of imidazole rings is 1. The van der Waals surface area contributed by atoms with Crippen LogP contribution in [0.4, 0.5) is 5.69 Å². The summed E-state index contributed by atoms with van der Waals surface area (Å²) in [6, 6.07) is 5.16. The van der Waals surface area contributed by atoms with E-state index in [0.29, 0.717) is 17.8 Å². The molecule has 18 heavy (non-hydrogen) atoms. The monoisotopic (exact) mass is 308 g/mol. The first-order valence-electron chi connectivity index (χ1n) is 5.36. The van der Waals surface area contributed by atoms with Gasteiger partial charge in [0.15, 0.2) is 0 Å². The molecule has 94 valence electrons. The van der Waals surface area contributed by atoms with Crippen molar-refractivity contribution in [2.45, 2.75) is 6.54 Å². The summed E-state index contributed by atoms with van der Waals surface area (Å²) in [6.07, 6.45) is 3.38. The molecule has 0 aliphatic heterocycles. The van der Waals surface area contributed by atoms with Gasteiger partial charge in [0.25, 0.3) is 5.91 Å². The van der Waals surface area contributed by atoms with Gasteiger partial charge in [-0.15, -0.1) is 0 Å². The van der Waals surface area contributed by atoms with E-state index in [4.69, 9.17) is 5.73 Å². The zero-order valence-corrected chi connectivity index (χ0v) is 11.4. The molecule has 5 nitrogen and oxygen atoms in total. The van der Waals surface area contributed by atoms with Gasteiger partial charge < -0.3 is 15.6 Å². The molecular weight excluding hydrogens is 296 g/mol. The Kier molecular flexibility index (Phi) is 3.66. The van der Waals surface area contributed by atoms with Gasteiger partial charge >= 0.3 is 0 Å². The van der Waals surface area contributed by atoms with Crippen molar-refractivity contribution in [2.24, 2.45) is 0 Å². The third-order valence-electron chi connectivity index (χ3n) is 2.46. The lowest BCUT2D eigenvalue weighted by Crippen LogP contribution is -2.26. The summed E-state index contributed by atoms with van der Waals surface area (Å²) in [4.78, 5) is 20.8. The molecule has 0 unspecified atom stereocenters. The molecule has 0 saturated heterocycles. The van der Waals surface area contributed by atoms with Crippen molar-refractivity contribution >= 4 is 27.5 Å². The molecule has 1 heterocycles. The maximum absolute atomic E-state index is 12.2. The van der Waals surface area contributed by atoms with Gasteiger partial charge in [-0.05, 0) is 18.2 Å². The summed E-state index contributed by atoms with van der Waals surface area (Å²) in [7, 11) is 1.72. The topological polar surface area (TPSA) is 75.0 Å². The average molecular weight is 309 g/mol. The number of nitrogens with two attached hydrogens (primary N) is 1. The summed E-state index contributed by atoms with van der Waals surface area (Å²) < 4.78 is 0.789. The number of nitrogens with zero attached hydrogens (tertiary/aromatic N) is 2. The molecule has 0 aliphatic rings. The summed E-state index contributed by atoms with van der Waals surface area (Å²) >= 11 is 3.32. The van der Waals surface area contributed by atoms with Gasteiger partial charge in [0.2, 0.25) is 0 Å². The number of carbonyl (C=O) groups excluding carboxylic acids is 1. The van der Waals surface area contributed by atoms with E-state index in [1.165, 1.54) is 0 Å². The summed E-state index contributed by atoms with van der Waals surface area (Å²) in [6.45, 7) is 0.429. The second-order valence-corrected chi connectivity index (χ2v) is 4.89. The first kappa shape index (κ1) is 12.6. The molecule has 0 saturated carbocycles. The minimum Gasteiger partial charge on any atom is -0.399 e. The van der Waals surface area contributed by atoms with Crippen molar-refractivity contribution in [3.05, 3.63) is 46.5 Å². The fourth-order valence-corrected chi connectivity index (χ4v) is 2.15. The van der Waals surface area contributed by atoms with Crippen molar-refractivity contribution in [1.82, 2.24) is 14.9 Å². The number of hydrogen-bond donors (Lipinski definition) is 2. The van der Waals surface area contributed by atoms with E-state index >= 15 is 0 Å². The molecule has 1 amide bonds. The van der Waals surface area contributed by atoms with Crippen molar-refractivity contribution in [3.8, 4) is 0 Å². The van der Waals surface area contributed by atoms with Crippen molar-refractivity contribution in [1.29, 1.82) is 0 Å². The predicted molar refractivity (Wildman–Crippen MR) is 72.9 cm³/mol. The number of amides is 1. The first-order chi connectivity index (χ1) is 8.56. The Morgan fingerprint density at radius 2 is 2.28 bits per heavy atom. The van der Waals surface area contributed by atoms with Gasteiger partial charge in [0, 0.05) is 35.2 Å². The number of nitrogen functional groups attached to an aromatic ring is 1. The molecule has 0 radical (unpaired) electrons. The number of carbonyl (C=O) groups is 1. The van der Waals surface area contributed by atoms with Crippen LogP contribution in [0.5, 0.6) is 0 Å². The second-order valence-electron chi connectivity index (χ2n) is 3.97. The first-order valence-corrected chi connectivity index (χ1v) is 6.15. The molecule has 6 heteroatoms. The lowest BCUT2D eigenvalue weighted by atomic mass is 10.2. The molecule has 1 aromatic carbocycles. The standard InChI is InChI=1S/C12H13BrN4O/c1-17(7-11-15-2-3-16-11)12(18)8-4-9(13)6-10(14)5-8/h2-6H,7,14H2,1H3,(H,15,16). The Labute approximate surface area is 113 Å². The average Bonchev–Trinajstić information content (AvgIpc) is 2.79. The quantitative estimate of drug-likeness (QED) is 0.852. The SMILES string of the molecule is CN(Cc1ncc[nH]1)C(=O)c1cc(N)cc(Br)c1. The van der Waals surface area contributed by atoms with Crippen LogP contribution in [-0.2, 0) is 6.54 Å². The van der Waals surface area contributed by atoms with E-state index in [-0.39, 0.29) is 5.91 Å². The number of nitrogens with one attached hydrogen (secondary N) is 1. The molecule has 3 N–H and O–H groups in total.